The van der Waals surface area contributed by atoms with Crippen LogP contribution in [0, 0.1) is 5.92 Å². The van der Waals surface area contributed by atoms with Gasteiger partial charge in [0, 0.05) is 12.6 Å². The van der Waals surface area contributed by atoms with Crippen LogP contribution < -0.4 is 15.2 Å². The minimum atomic E-state index is -3.35. The predicted molar refractivity (Wildman–Crippen MR) is 58.0 cm³/mol. The van der Waals surface area contributed by atoms with Gasteiger partial charge in [-0.25, -0.2) is 4.72 Å². The zero-order valence-electron chi connectivity index (χ0n) is 9.08. The Morgan fingerprint density at radius 3 is 2.29 bits per heavy atom. The third-order valence-corrected chi connectivity index (χ3v) is 3.21. The van der Waals surface area contributed by atoms with Gasteiger partial charge in [0.2, 0.25) is 0 Å². The van der Waals surface area contributed by atoms with E-state index in [0.717, 1.165) is 0 Å². The van der Waals surface area contributed by atoms with Crippen LogP contribution in [0.5, 0.6) is 0 Å². The second-order valence-corrected chi connectivity index (χ2v) is 5.08. The molecular formula is C8H21N3O2S. The fourth-order valence-electron chi connectivity index (χ4n) is 1.14. The van der Waals surface area contributed by atoms with Crippen LogP contribution >= 0.6 is 0 Å². The zero-order valence-corrected chi connectivity index (χ0v) is 9.89. The number of rotatable bonds is 7. The van der Waals surface area contributed by atoms with Gasteiger partial charge in [0.25, 0.3) is 10.2 Å². The van der Waals surface area contributed by atoms with E-state index in [2.05, 4.69) is 9.44 Å². The maximum absolute atomic E-state index is 11.4. The van der Waals surface area contributed by atoms with Crippen LogP contribution in [0.4, 0.5) is 0 Å². The van der Waals surface area contributed by atoms with E-state index in [9.17, 15) is 8.42 Å². The van der Waals surface area contributed by atoms with Crippen LogP contribution in [0.15, 0.2) is 0 Å². The Morgan fingerprint density at radius 2 is 1.93 bits per heavy atom. The summed E-state index contributed by atoms with van der Waals surface area (Å²) in [6.45, 7) is 6.55. The molecule has 6 heteroatoms. The smallest absolute Gasteiger partial charge is 0.277 e. The topological polar surface area (TPSA) is 84.2 Å². The van der Waals surface area contributed by atoms with E-state index in [4.69, 9.17) is 5.73 Å². The van der Waals surface area contributed by atoms with Gasteiger partial charge in [-0.2, -0.15) is 13.1 Å². The highest BCUT2D eigenvalue weighted by atomic mass is 32.2. The maximum atomic E-state index is 11.4. The first-order chi connectivity index (χ1) is 6.43. The molecule has 1 atom stereocenters. The highest BCUT2D eigenvalue weighted by molar-refractivity contribution is 7.87. The summed E-state index contributed by atoms with van der Waals surface area (Å²) in [5, 5.41) is 0. The molecule has 0 saturated carbocycles. The van der Waals surface area contributed by atoms with Crippen molar-refractivity contribution in [3.8, 4) is 0 Å². The summed E-state index contributed by atoms with van der Waals surface area (Å²) in [6, 6.07) is -0.0935. The van der Waals surface area contributed by atoms with Crippen LogP contribution in [0.3, 0.4) is 0 Å². The Hall–Kier alpha value is -0.170. The third-order valence-electron chi connectivity index (χ3n) is 1.92. The van der Waals surface area contributed by atoms with Crippen molar-refractivity contribution in [2.45, 2.75) is 33.2 Å². The van der Waals surface area contributed by atoms with Crippen LogP contribution in [0.2, 0.25) is 0 Å². The first-order valence-electron chi connectivity index (χ1n) is 4.90. The SMILES string of the molecule is CCNS(=O)(=O)NC(CCN)C(C)C. The molecule has 0 aromatic carbocycles. The van der Waals surface area contributed by atoms with Crippen LogP contribution in [0.25, 0.3) is 0 Å². The van der Waals surface area contributed by atoms with Crippen molar-refractivity contribution < 1.29 is 8.42 Å². The van der Waals surface area contributed by atoms with Gasteiger partial charge >= 0.3 is 0 Å². The van der Waals surface area contributed by atoms with E-state index >= 15 is 0 Å². The van der Waals surface area contributed by atoms with Crippen molar-refractivity contribution in [3.63, 3.8) is 0 Å². The molecule has 0 aromatic rings. The molecule has 0 saturated heterocycles. The summed E-state index contributed by atoms with van der Waals surface area (Å²) >= 11 is 0. The number of hydrogen-bond donors (Lipinski definition) is 3. The van der Waals surface area contributed by atoms with Crippen LogP contribution in [0.1, 0.15) is 27.2 Å². The fraction of sp³-hybridized carbons (Fsp3) is 1.00. The van der Waals surface area contributed by atoms with Crippen molar-refractivity contribution in [2.75, 3.05) is 13.1 Å². The largest absolute Gasteiger partial charge is 0.330 e. The molecule has 0 aliphatic rings. The van der Waals surface area contributed by atoms with Crippen molar-refractivity contribution in [3.05, 3.63) is 0 Å². The monoisotopic (exact) mass is 223 g/mol. The molecule has 14 heavy (non-hydrogen) atoms. The van der Waals surface area contributed by atoms with Crippen molar-refractivity contribution in [1.29, 1.82) is 0 Å². The molecule has 0 bridgehead atoms. The molecule has 0 radical (unpaired) electrons. The first kappa shape index (κ1) is 13.8. The second-order valence-electron chi connectivity index (χ2n) is 3.55. The molecule has 4 N–H and O–H groups in total. The molecular weight excluding hydrogens is 202 g/mol. The van der Waals surface area contributed by atoms with E-state index < -0.39 is 10.2 Å². The summed E-state index contributed by atoms with van der Waals surface area (Å²) in [6.07, 6.45) is 0.655. The Labute approximate surface area is 86.6 Å². The second kappa shape index (κ2) is 6.34. The standard InChI is InChI=1S/C8H21N3O2S/c1-4-10-14(12,13)11-8(5-6-9)7(2)3/h7-8,10-11H,4-6,9H2,1-3H3. The molecule has 0 spiro atoms. The van der Waals surface area contributed by atoms with Crippen LogP contribution in [-0.2, 0) is 10.2 Å². The van der Waals surface area contributed by atoms with E-state index in [1.807, 2.05) is 13.8 Å². The lowest BCUT2D eigenvalue weighted by atomic mass is 10.0. The molecule has 0 fully saturated rings. The maximum Gasteiger partial charge on any atom is 0.277 e. The lowest BCUT2D eigenvalue weighted by Crippen LogP contribution is -2.45. The molecule has 0 rings (SSSR count). The molecule has 1 unspecified atom stereocenters. The summed E-state index contributed by atoms with van der Waals surface area (Å²) in [7, 11) is -3.35. The number of hydrogen-bond acceptors (Lipinski definition) is 3. The highest BCUT2D eigenvalue weighted by Crippen LogP contribution is 2.05. The summed E-state index contributed by atoms with van der Waals surface area (Å²) in [5.74, 6) is 0.243. The van der Waals surface area contributed by atoms with Gasteiger partial charge in [0.05, 0.1) is 0 Å². The van der Waals surface area contributed by atoms with E-state index in [1.54, 1.807) is 6.92 Å². The summed E-state index contributed by atoms with van der Waals surface area (Å²) < 4.78 is 27.7. The van der Waals surface area contributed by atoms with Crippen molar-refractivity contribution in [2.24, 2.45) is 11.7 Å². The normalized spacial score (nSPS) is 14.6. The molecule has 0 aliphatic carbocycles. The fourth-order valence-corrected chi connectivity index (χ4v) is 2.39. The Balaban J connectivity index is 4.28. The summed E-state index contributed by atoms with van der Waals surface area (Å²) in [5.41, 5.74) is 5.40. The van der Waals surface area contributed by atoms with E-state index in [0.29, 0.717) is 19.5 Å². The van der Waals surface area contributed by atoms with Gasteiger partial charge in [-0.15, -0.1) is 0 Å². The molecule has 5 nitrogen and oxygen atoms in total. The third kappa shape index (κ3) is 5.54. The Morgan fingerprint density at radius 1 is 1.36 bits per heavy atom. The Kier molecular flexibility index (Phi) is 6.26. The predicted octanol–water partition coefficient (Wildman–Crippen LogP) is -0.196. The van der Waals surface area contributed by atoms with Gasteiger partial charge < -0.3 is 5.73 Å². The van der Waals surface area contributed by atoms with Crippen molar-refractivity contribution in [1.82, 2.24) is 9.44 Å². The molecule has 0 heterocycles. The lowest BCUT2D eigenvalue weighted by Gasteiger charge is -2.21. The molecule has 86 valence electrons. The molecule has 0 aliphatic heterocycles. The number of nitrogens with two attached hydrogens (primary N) is 1. The lowest BCUT2D eigenvalue weighted by molar-refractivity contribution is 0.426. The van der Waals surface area contributed by atoms with Gasteiger partial charge in [0.15, 0.2) is 0 Å². The minimum Gasteiger partial charge on any atom is -0.330 e. The van der Waals surface area contributed by atoms with Gasteiger partial charge in [-0.1, -0.05) is 20.8 Å². The minimum absolute atomic E-state index is 0.0935. The average molecular weight is 223 g/mol. The van der Waals surface area contributed by atoms with E-state index in [1.165, 1.54) is 0 Å². The van der Waals surface area contributed by atoms with Gasteiger partial charge in [0.1, 0.15) is 0 Å². The zero-order chi connectivity index (χ0) is 11.2. The molecule has 0 amide bonds. The quantitative estimate of drug-likeness (QED) is 0.559. The average Bonchev–Trinajstić information content (AvgIpc) is 2.02. The van der Waals surface area contributed by atoms with E-state index in [-0.39, 0.29) is 12.0 Å². The Bertz CT molecular complexity index is 239. The van der Waals surface area contributed by atoms with Gasteiger partial charge in [-0.05, 0) is 18.9 Å². The van der Waals surface area contributed by atoms with Crippen molar-refractivity contribution >= 4 is 10.2 Å². The first-order valence-corrected chi connectivity index (χ1v) is 6.38. The highest BCUT2D eigenvalue weighted by Gasteiger charge is 2.18. The summed E-state index contributed by atoms with van der Waals surface area (Å²) in [4.78, 5) is 0. The van der Waals surface area contributed by atoms with Gasteiger partial charge in [-0.3, -0.25) is 0 Å². The number of nitrogens with one attached hydrogen (secondary N) is 2. The molecule has 0 aromatic heterocycles. The van der Waals surface area contributed by atoms with Crippen LogP contribution in [-0.4, -0.2) is 27.5 Å².